The molecule has 0 spiro atoms. The maximum Gasteiger partial charge on any atom is 0.216 e. The summed E-state index contributed by atoms with van der Waals surface area (Å²) >= 11 is 0. The zero-order chi connectivity index (χ0) is 12.7. The Hall–Kier alpha value is -2.02. The van der Waals surface area contributed by atoms with Gasteiger partial charge in [-0.2, -0.15) is 0 Å². The first kappa shape index (κ1) is 13.0. The lowest BCUT2D eigenvalue weighted by molar-refractivity contribution is -0.118. The van der Waals surface area contributed by atoms with Crippen molar-refractivity contribution in [2.75, 3.05) is 13.7 Å². The number of rotatable bonds is 3. The van der Waals surface area contributed by atoms with Gasteiger partial charge in [-0.1, -0.05) is 11.8 Å². The third-order valence-electron chi connectivity index (χ3n) is 2.01. The van der Waals surface area contributed by atoms with Crippen LogP contribution < -0.4 is 10.1 Å². The summed E-state index contributed by atoms with van der Waals surface area (Å²) in [5, 5.41) is 2.63. The van der Waals surface area contributed by atoms with E-state index in [1.54, 1.807) is 0 Å². The van der Waals surface area contributed by atoms with Crippen molar-refractivity contribution in [3.05, 3.63) is 29.6 Å². The van der Waals surface area contributed by atoms with Gasteiger partial charge in [-0.25, -0.2) is 4.39 Å². The third kappa shape index (κ3) is 4.56. The van der Waals surface area contributed by atoms with Crippen molar-refractivity contribution >= 4 is 5.91 Å². The van der Waals surface area contributed by atoms with Crippen LogP contribution in [0.2, 0.25) is 0 Å². The van der Waals surface area contributed by atoms with E-state index in [0.717, 1.165) is 0 Å². The SMILES string of the molecule is COc1ccc(F)cc1C#CCCNC(C)=O. The first-order valence-corrected chi connectivity index (χ1v) is 5.20. The van der Waals surface area contributed by atoms with Crippen molar-refractivity contribution in [2.24, 2.45) is 0 Å². The van der Waals surface area contributed by atoms with E-state index in [-0.39, 0.29) is 11.7 Å². The highest BCUT2D eigenvalue weighted by Gasteiger charge is 2.00. The molecule has 0 aliphatic carbocycles. The molecule has 90 valence electrons. The molecule has 17 heavy (non-hydrogen) atoms. The lowest BCUT2D eigenvalue weighted by Gasteiger charge is -2.02. The molecule has 0 saturated heterocycles. The number of carbonyl (C=O) groups is 1. The van der Waals surface area contributed by atoms with Gasteiger partial charge < -0.3 is 10.1 Å². The van der Waals surface area contributed by atoms with Crippen molar-refractivity contribution in [3.8, 4) is 17.6 Å². The largest absolute Gasteiger partial charge is 0.495 e. The molecule has 0 unspecified atom stereocenters. The van der Waals surface area contributed by atoms with Crippen LogP contribution in [0.25, 0.3) is 0 Å². The summed E-state index contributed by atoms with van der Waals surface area (Å²) in [5.41, 5.74) is 0.510. The Morgan fingerprint density at radius 3 is 2.94 bits per heavy atom. The summed E-state index contributed by atoms with van der Waals surface area (Å²) in [6, 6.07) is 4.18. The van der Waals surface area contributed by atoms with Crippen LogP contribution in [0.3, 0.4) is 0 Å². The van der Waals surface area contributed by atoms with Gasteiger partial charge >= 0.3 is 0 Å². The first-order chi connectivity index (χ1) is 8.13. The van der Waals surface area contributed by atoms with Crippen LogP contribution in [-0.4, -0.2) is 19.6 Å². The van der Waals surface area contributed by atoms with Gasteiger partial charge in [0.15, 0.2) is 0 Å². The van der Waals surface area contributed by atoms with Crippen LogP contribution in [0.4, 0.5) is 4.39 Å². The Morgan fingerprint density at radius 2 is 2.29 bits per heavy atom. The Labute approximate surface area is 100.0 Å². The van der Waals surface area contributed by atoms with Gasteiger partial charge in [-0.3, -0.25) is 4.79 Å². The Bertz CT molecular complexity index is 460. The second-order valence-corrected chi connectivity index (χ2v) is 3.38. The molecule has 0 bridgehead atoms. The van der Waals surface area contributed by atoms with Crippen molar-refractivity contribution in [1.82, 2.24) is 5.32 Å². The minimum absolute atomic E-state index is 0.0878. The topological polar surface area (TPSA) is 38.3 Å². The minimum Gasteiger partial charge on any atom is -0.495 e. The van der Waals surface area contributed by atoms with E-state index < -0.39 is 0 Å². The Balaban J connectivity index is 2.64. The number of halogens is 1. The van der Waals surface area contributed by atoms with Crippen LogP contribution in [0.1, 0.15) is 18.9 Å². The number of hydrogen-bond acceptors (Lipinski definition) is 2. The van der Waals surface area contributed by atoms with E-state index in [0.29, 0.717) is 24.3 Å². The van der Waals surface area contributed by atoms with Crippen LogP contribution in [0.15, 0.2) is 18.2 Å². The number of benzene rings is 1. The summed E-state index contributed by atoms with van der Waals surface area (Å²) in [5.74, 6) is 5.76. The van der Waals surface area contributed by atoms with E-state index in [2.05, 4.69) is 17.2 Å². The van der Waals surface area contributed by atoms with Gasteiger partial charge in [-0.05, 0) is 18.2 Å². The van der Waals surface area contributed by atoms with Gasteiger partial charge in [-0.15, -0.1) is 0 Å². The van der Waals surface area contributed by atoms with Gasteiger partial charge in [0.2, 0.25) is 5.91 Å². The van der Waals surface area contributed by atoms with Crippen LogP contribution >= 0.6 is 0 Å². The van der Waals surface area contributed by atoms with Crippen molar-refractivity contribution < 1.29 is 13.9 Å². The first-order valence-electron chi connectivity index (χ1n) is 5.20. The highest BCUT2D eigenvalue weighted by Crippen LogP contribution is 2.17. The molecular formula is C13H14FNO2. The number of hydrogen-bond donors (Lipinski definition) is 1. The maximum absolute atomic E-state index is 13.0. The van der Waals surface area contributed by atoms with Crippen LogP contribution in [0.5, 0.6) is 5.75 Å². The highest BCUT2D eigenvalue weighted by atomic mass is 19.1. The molecule has 4 heteroatoms. The predicted molar refractivity (Wildman–Crippen MR) is 63.1 cm³/mol. The zero-order valence-corrected chi connectivity index (χ0v) is 9.84. The summed E-state index contributed by atoms with van der Waals surface area (Å²) < 4.78 is 18.0. The summed E-state index contributed by atoms with van der Waals surface area (Å²) in [4.78, 5) is 10.6. The molecular weight excluding hydrogens is 221 g/mol. The smallest absolute Gasteiger partial charge is 0.216 e. The fraction of sp³-hybridized carbons (Fsp3) is 0.308. The second kappa shape index (κ2) is 6.54. The van der Waals surface area contributed by atoms with E-state index in [9.17, 15) is 9.18 Å². The standard InChI is InChI=1S/C13H14FNO2/c1-10(16)15-8-4-3-5-11-9-12(14)6-7-13(11)17-2/h6-7,9H,4,8H2,1-2H3,(H,15,16). The van der Waals surface area contributed by atoms with Crippen molar-refractivity contribution in [2.45, 2.75) is 13.3 Å². The van der Waals surface area contributed by atoms with Crippen LogP contribution in [-0.2, 0) is 4.79 Å². The fourth-order valence-electron chi connectivity index (χ4n) is 1.24. The molecule has 0 aliphatic heterocycles. The van der Waals surface area contributed by atoms with Crippen molar-refractivity contribution in [3.63, 3.8) is 0 Å². The molecule has 0 aromatic heterocycles. The average molecular weight is 235 g/mol. The van der Waals surface area contributed by atoms with Gasteiger partial charge in [0, 0.05) is 19.9 Å². The van der Waals surface area contributed by atoms with Gasteiger partial charge in [0.1, 0.15) is 11.6 Å². The number of nitrogens with one attached hydrogen (secondary N) is 1. The van der Waals surface area contributed by atoms with E-state index in [4.69, 9.17) is 4.74 Å². The Morgan fingerprint density at radius 1 is 1.53 bits per heavy atom. The number of amides is 1. The number of methoxy groups -OCH3 is 1. The average Bonchev–Trinajstić information content (AvgIpc) is 2.28. The van der Waals surface area contributed by atoms with Gasteiger partial charge in [0.25, 0.3) is 0 Å². The van der Waals surface area contributed by atoms with E-state index in [1.165, 1.54) is 32.2 Å². The van der Waals surface area contributed by atoms with E-state index >= 15 is 0 Å². The molecule has 0 aliphatic rings. The van der Waals surface area contributed by atoms with Crippen LogP contribution in [0, 0.1) is 17.7 Å². The molecule has 0 heterocycles. The molecule has 1 aromatic rings. The summed E-state index contributed by atoms with van der Waals surface area (Å²) in [7, 11) is 1.51. The summed E-state index contributed by atoms with van der Waals surface area (Å²) in [6.45, 7) is 1.93. The third-order valence-corrected chi connectivity index (χ3v) is 2.01. The minimum atomic E-state index is -0.350. The van der Waals surface area contributed by atoms with E-state index in [1.807, 2.05) is 0 Å². The normalized spacial score (nSPS) is 9.12. The molecule has 1 N–H and O–H groups in total. The quantitative estimate of drug-likeness (QED) is 0.640. The zero-order valence-electron chi connectivity index (χ0n) is 9.84. The summed E-state index contributed by atoms with van der Waals surface area (Å²) in [6.07, 6.45) is 0.513. The predicted octanol–water partition coefficient (Wildman–Crippen LogP) is 1.71. The molecule has 3 nitrogen and oxygen atoms in total. The molecule has 0 atom stereocenters. The lowest BCUT2D eigenvalue weighted by atomic mass is 10.2. The molecule has 1 amide bonds. The molecule has 1 aromatic carbocycles. The molecule has 1 rings (SSSR count). The Kier molecular flexibility index (Phi) is 5.02. The highest BCUT2D eigenvalue weighted by molar-refractivity contribution is 5.72. The molecule has 0 radical (unpaired) electrons. The maximum atomic E-state index is 13.0. The van der Waals surface area contributed by atoms with Gasteiger partial charge in [0.05, 0.1) is 12.7 Å². The number of carbonyl (C=O) groups excluding carboxylic acids is 1. The second-order valence-electron chi connectivity index (χ2n) is 3.38. The molecule has 0 saturated carbocycles. The number of ether oxygens (including phenoxy) is 1. The monoisotopic (exact) mass is 235 g/mol. The molecule has 0 fully saturated rings. The van der Waals surface area contributed by atoms with Crippen molar-refractivity contribution in [1.29, 1.82) is 0 Å². The lowest BCUT2D eigenvalue weighted by Crippen LogP contribution is -2.20. The fourth-order valence-corrected chi connectivity index (χ4v) is 1.24.